The third kappa shape index (κ3) is 2.16. The van der Waals surface area contributed by atoms with Gasteiger partial charge in [0.05, 0.1) is 0 Å². The number of hydrogen-bond acceptors (Lipinski definition) is 1. The summed E-state index contributed by atoms with van der Waals surface area (Å²) >= 11 is 5.52. The lowest BCUT2D eigenvalue weighted by Crippen LogP contribution is -2.16. The van der Waals surface area contributed by atoms with E-state index in [4.69, 9.17) is 0 Å². The molecule has 0 aromatic carbocycles. The maximum absolute atomic E-state index is 3.64. The third-order valence-electron chi connectivity index (χ3n) is 2.70. The van der Waals surface area contributed by atoms with E-state index in [1.807, 2.05) is 11.3 Å². The van der Waals surface area contributed by atoms with Gasteiger partial charge in [-0.3, -0.25) is 0 Å². The zero-order valence-corrected chi connectivity index (χ0v) is 11.2. The first-order chi connectivity index (χ1) is 6.03. The molecule has 0 unspecified atom stereocenters. The molecule has 0 saturated heterocycles. The van der Waals surface area contributed by atoms with Crippen molar-refractivity contribution in [3.8, 4) is 0 Å². The van der Waals surface area contributed by atoms with Crippen LogP contribution in [0.1, 0.15) is 44.6 Å². The molecule has 0 atom stereocenters. The molecule has 0 saturated carbocycles. The molecule has 0 bridgehead atoms. The van der Waals surface area contributed by atoms with Crippen LogP contribution in [0.15, 0.2) is 9.85 Å². The van der Waals surface area contributed by atoms with Gasteiger partial charge in [0.25, 0.3) is 0 Å². The van der Waals surface area contributed by atoms with Crippen molar-refractivity contribution in [2.75, 3.05) is 0 Å². The summed E-state index contributed by atoms with van der Waals surface area (Å²) in [6, 6.07) is 0. The fraction of sp³-hybridized carbons (Fsp3) is 0.636. The Balaban J connectivity index is 3.18. The molecule has 0 spiro atoms. The molecule has 0 aliphatic rings. The number of hydrogen-bond donors (Lipinski definition) is 0. The van der Waals surface area contributed by atoms with Crippen molar-refractivity contribution in [2.45, 2.75) is 46.0 Å². The van der Waals surface area contributed by atoms with Crippen molar-refractivity contribution in [1.29, 1.82) is 0 Å². The fourth-order valence-electron chi connectivity index (χ4n) is 1.51. The molecule has 1 aromatic heterocycles. The average molecular weight is 261 g/mol. The summed E-state index contributed by atoms with van der Waals surface area (Å²) in [7, 11) is 0. The summed E-state index contributed by atoms with van der Waals surface area (Å²) in [6.07, 6.45) is 2.34. The van der Waals surface area contributed by atoms with Gasteiger partial charge in [0, 0.05) is 14.7 Å². The Labute approximate surface area is 93.5 Å². The molecular formula is C11H17BrS. The highest BCUT2D eigenvalue weighted by atomic mass is 79.9. The molecule has 0 amide bonds. The minimum atomic E-state index is 0.310. The van der Waals surface area contributed by atoms with E-state index in [0.29, 0.717) is 5.41 Å². The molecule has 74 valence electrons. The van der Waals surface area contributed by atoms with E-state index in [2.05, 4.69) is 49.0 Å². The largest absolute Gasteiger partial charge is 0.147 e. The van der Waals surface area contributed by atoms with Crippen LogP contribution in [0.2, 0.25) is 0 Å². The summed E-state index contributed by atoms with van der Waals surface area (Å²) in [6.45, 7) is 9.12. The zero-order valence-electron chi connectivity index (χ0n) is 8.78. The molecule has 13 heavy (non-hydrogen) atoms. The first kappa shape index (κ1) is 11.3. The number of thiophene rings is 1. The maximum Gasteiger partial charge on any atom is 0.0322 e. The predicted molar refractivity (Wildman–Crippen MR) is 64.7 cm³/mol. The molecule has 0 fully saturated rings. The van der Waals surface area contributed by atoms with Gasteiger partial charge in [-0.05, 0) is 39.8 Å². The van der Waals surface area contributed by atoms with Crippen molar-refractivity contribution < 1.29 is 0 Å². The highest BCUT2D eigenvalue weighted by Crippen LogP contribution is 2.39. The van der Waals surface area contributed by atoms with Crippen molar-refractivity contribution in [3.63, 3.8) is 0 Å². The van der Waals surface area contributed by atoms with Gasteiger partial charge in [-0.1, -0.05) is 27.7 Å². The van der Waals surface area contributed by atoms with Gasteiger partial charge >= 0.3 is 0 Å². The first-order valence-corrected chi connectivity index (χ1v) is 6.46. The van der Waals surface area contributed by atoms with E-state index in [1.54, 1.807) is 0 Å². The van der Waals surface area contributed by atoms with Crippen LogP contribution in [0.25, 0.3) is 0 Å². The molecule has 1 rings (SSSR count). The van der Waals surface area contributed by atoms with E-state index in [9.17, 15) is 0 Å². The highest BCUT2D eigenvalue weighted by Gasteiger charge is 2.24. The van der Waals surface area contributed by atoms with Crippen LogP contribution in [0, 0.1) is 0 Å². The van der Waals surface area contributed by atoms with Gasteiger partial charge in [-0.2, -0.15) is 0 Å². The Bertz CT molecular complexity index is 286. The van der Waals surface area contributed by atoms with E-state index in [-0.39, 0.29) is 0 Å². The maximum atomic E-state index is 3.64. The first-order valence-electron chi connectivity index (χ1n) is 4.79. The molecular weight excluding hydrogens is 244 g/mol. The van der Waals surface area contributed by atoms with Gasteiger partial charge in [-0.25, -0.2) is 0 Å². The van der Waals surface area contributed by atoms with Crippen molar-refractivity contribution in [2.24, 2.45) is 0 Å². The van der Waals surface area contributed by atoms with Gasteiger partial charge in [0.1, 0.15) is 0 Å². The second-order valence-electron chi connectivity index (χ2n) is 3.97. The van der Waals surface area contributed by atoms with Crippen molar-refractivity contribution in [1.82, 2.24) is 0 Å². The fourth-order valence-corrected chi connectivity index (χ4v) is 3.73. The average Bonchev–Trinajstić information content (AvgIpc) is 2.47. The summed E-state index contributed by atoms with van der Waals surface area (Å²) in [5.41, 5.74) is 1.83. The van der Waals surface area contributed by atoms with Crippen LogP contribution in [0.3, 0.4) is 0 Å². The van der Waals surface area contributed by atoms with Crippen LogP contribution < -0.4 is 0 Å². The van der Waals surface area contributed by atoms with Crippen molar-refractivity contribution >= 4 is 27.3 Å². The normalized spacial score (nSPS) is 12.1. The monoisotopic (exact) mass is 260 g/mol. The lowest BCUT2D eigenvalue weighted by molar-refractivity contribution is 0.502. The van der Waals surface area contributed by atoms with E-state index in [1.165, 1.54) is 21.3 Å². The van der Waals surface area contributed by atoms with Gasteiger partial charge in [0.2, 0.25) is 0 Å². The lowest BCUT2D eigenvalue weighted by Gasteiger charge is -2.24. The standard InChI is InChI=1S/C11H17BrS/c1-5-9-10(8(12)7-13-9)11(3,4)6-2/h7H,5-6H2,1-4H3. The molecule has 0 aliphatic heterocycles. The Kier molecular flexibility index (Phi) is 3.58. The Hall–Kier alpha value is 0.180. The van der Waals surface area contributed by atoms with Crippen LogP contribution in [0.4, 0.5) is 0 Å². The lowest BCUT2D eigenvalue weighted by atomic mass is 9.82. The molecule has 0 N–H and O–H groups in total. The van der Waals surface area contributed by atoms with E-state index in [0.717, 1.165) is 6.42 Å². The van der Waals surface area contributed by atoms with Crippen molar-refractivity contribution in [3.05, 3.63) is 20.3 Å². The van der Waals surface area contributed by atoms with E-state index < -0.39 is 0 Å². The highest BCUT2D eigenvalue weighted by molar-refractivity contribution is 9.10. The van der Waals surface area contributed by atoms with Crippen LogP contribution in [-0.4, -0.2) is 0 Å². The molecule has 1 heterocycles. The third-order valence-corrected chi connectivity index (χ3v) is 4.76. The topological polar surface area (TPSA) is 0 Å². The second kappa shape index (κ2) is 4.14. The van der Waals surface area contributed by atoms with Gasteiger partial charge < -0.3 is 0 Å². The smallest absolute Gasteiger partial charge is 0.0322 e. The summed E-state index contributed by atoms with van der Waals surface area (Å²) in [4.78, 5) is 1.53. The summed E-state index contributed by atoms with van der Waals surface area (Å²) in [5, 5.41) is 2.21. The molecule has 0 nitrogen and oxygen atoms in total. The number of aryl methyl sites for hydroxylation is 1. The predicted octanol–water partition coefficient (Wildman–Crippen LogP) is 4.76. The zero-order chi connectivity index (χ0) is 10.1. The minimum absolute atomic E-state index is 0.310. The Morgan fingerprint density at radius 3 is 2.46 bits per heavy atom. The van der Waals surface area contributed by atoms with Gasteiger partial charge in [0.15, 0.2) is 0 Å². The molecule has 1 aromatic rings. The quantitative estimate of drug-likeness (QED) is 0.735. The molecule has 2 heteroatoms. The Morgan fingerprint density at radius 1 is 1.38 bits per heavy atom. The summed E-state index contributed by atoms with van der Waals surface area (Å²) < 4.78 is 1.29. The second-order valence-corrected chi connectivity index (χ2v) is 5.79. The SMILES string of the molecule is CCc1scc(Br)c1C(C)(C)CC. The van der Waals surface area contributed by atoms with Crippen LogP contribution in [0.5, 0.6) is 0 Å². The summed E-state index contributed by atoms with van der Waals surface area (Å²) in [5.74, 6) is 0. The number of rotatable bonds is 3. The molecule has 0 radical (unpaired) electrons. The van der Waals surface area contributed by atoms with Gasteiger partial charge in [-0.15, -0.1) is 11.3 Å². The van der Waals surface area contributed by atoms with Crippen LogP contribution in [-0.2, 0) is 11.8 Å². The Morgan fingerprint density at radius 2 is 2.00 bits per heavy atom. The van der Waals surface area contributed by atoms with Crippen LogP contribution >= 0.6 is 27.3 Å². The molecule has 0 aliphatic carbocycles. The number of halogens is 1. The minimum Gasteiger partial charge on any atom is -0.147 e. The van der Waals surface area contributed by atoms with E-state index >= 15 is 0 Å².